The van der Waals surface area contributed by atoms with Crippen molar-refractivity contribution in [3.8, 4) is 5.69 Å². The molecule has 4 nitrogen and oxygen atoms in total. The second-order valence-electron chi connectivity index (χ2n) is 6.82. The van der Waals surface area contributed by atoms with Gasteiger partial charge in [0.25, 0.3) is 5.91 Å². The largest absolute Gasteiger partial charge is 0.337 e. The van der Waals surface area contributed by atoms with Crippen LogP contribution in [-0.4, -0.2) is 27.4 Å². The first kappa shape index (κ1) is 18.9. The van der Waals surface area contributed by atoms with Gasteiger partial charge in [-0.15, -0.1) is 0 Å². The average molecular weight is 400 g/mol. The molecular formula is C24H21N3OS. The van der Waals surface area contributed by atoms with Crippen molar-refractivity contribution < 1.29 is 4.79 Å². The van der Waals surface area contributed by atoms with Crippen molar-refractivity contribution in [2.75, 3.05) is 7.05 Å². The molecule has 1 heterocycles. The summed E-state index contributed by atoms with van der Waals surface area (Å²) in [6.45, 7) is 0. The van der Waals surface area contributed by atoms with Crippen LogP contribution in [0.5, 0.6) is 0 Å². The van der Waals surface area contributed by atoms with Gasteiger partial charge in [-0.1, -0.05) is 60.7 Å². The van der Waals surface area contributed by atoms with Crippen molar-refractivity contribution >= 4 is 18.1 Å². The van der Waals surface area contributed by atoms with E-state index < -0.39 is 0 Å². The molecule has 0 radical (unpaired) electrons. The lowest BCUT2D eigenvalue weighted by Crippen LogP contribution is -2.32. The van der Waals surface area contributed by atoms with Gasteiger partial charge in [0.1, 0.15) is 0 Å². The first-order chi connectivity index (χ1) is 14.1. The number of imidazole rings is 1. The number of carbonyl (C=O) groups is 1. The van der Waals surface area contributed by atoms with Crippen molar-refractivity contribution in [2.45, 2.75) is 6.04 Å². The van der Waals surface area contributed by atoms with Gasteiger partial charge in [0, 0.05) is 30.7 Å². The summed E-state index contributed by atoms with van der Waals surface area (Å²) in [4.78, 5) is 18.1. The minimum atomic E-state index is -0.164. The van der Waals surface area contributed by atoms with E-state index in [2.05, 4.69) is 29.2 Å². The number of amides is 1. The Hall–Kier alpha value is -3.44. The van der Waals surface area contributed by atoms with Crippen molar-refractivity contribution in [3.63, 3.8) is 0 Å². The Bertz CT molecular complexity index is 1110. The molecule has 0 aliphatic rings. The molecule has 0 bridgehead atoms. The summed E-state index contributed by atoms with van der Waals surface area (Å²) in [5.41, 5.74) is 3.70. The highest BCUT2D eigenvalue weighted by atomic mass is 32.1. The van der Waals surface area contributed by atoms with Crippen molar-refractivity contribution in [1.82, 2.24) is 14.5 Å². The number of benzene rings is 3. The molecule has 0 unspecified atom stereocenters. The Morgan fingerprint density at radius 1 is 0.897 bits per heavy atom. The summed E-state index contributed by atoms with van der Waals surface area (Å²) in [6.07, 6.45) is 3.66. The fraction of sp³-hybridized carbons (Fsp3) is 0.0833. The van der Waals surface area contributed by atoms with Crippen molar-refractivity contribution in [2.24, 2.45) is 0 Å². The molecule has 144 valence electrons. The van der Waals surface area contributed by atoms with Gasteiger partial charge in [0.15, 0.2) is 4.77 Å². The number of nitrogens with zero attached hydrogens (tertiary/aromatic N) is 2. The highest BCUT2D eigenvalue weighted by molar-refractivity contribution is 7.71. The number of hydrogen-bond donors (Lipinski definition) is 1. The van der Waals surface area contributed by atoms with Crippen LogP contribution in [0.3, 0.4) is 0 Å². The highest BCUT2D eigenvalue weighted by Gasteiger charge is 2.24. The third-order valence-corrected chi connectivity index (χ3v) is 5.29. The van der Waals surface area contributed by atoms with Gasteiger partial charge in [-0.25, -0.2) is 0 Å². The normalized spacial score (nSPS) is 10.8. The van der Waals surface area contributed by atoms with Crippen LogP contribution in [0.25, 0.3) is 5.69 Å². The first-order valence-electron chi connectivity index (χ1n) is 9.38. The number of hydrogen-bond acceptors (Lipinski definition) is 2. The van der Waals surface area contributed by atoms with E-state index in [0.29, 0.717) is 10.3 Å². The molecular weight excluding hydrogens is 378 g/mol. The van der Waals surface area contributed by atoms with Crippen LogP contribution in [0.4, 0.5) is 0 Å². The first-order valence-corrected chi connectivity index (χ1v) is 9.79. The zero-order chi connectivity index (χ0) is 20.2. The molecule has 0 spiro atoms. The monoisotopic (exact) mass is 399 g/mol. The number of rotatable bonds is 5. The van der Waals surface area contributed by atoms with E-state index in [1.54, 1.807) is 11.1 Å². The van der Waals surface area contributed by atoms with E-state index in [4.69, 9.17) is 12.2 Å². The molecule has 0 aliphatic carbocycles. The lowest BCUT2D eigenvalue weighted by Gasteiger charge is -2.29. The van der Waals surface area contributed by atoms with Crippen molar-refractivity contribution in [3.05, 3.63) is 119 Å². The highest BCUT2D eigenvalue weighted by Crippen LogP contribution is 2.28. The number of aromatic nitrogens is 2. The zero-order valence-electron chi connectivity index (χ0n) is 16.0. The molecule has 0 atom stereocenters. The second-order valence-corrected chi connectivity index (χ2v) is 7.21. The number of H-pyrrole nitrogens is 1. The van der Waals surface area contributed by atoms with Gasteiger partial charge in [-0.2, -0.15) is 0 Å². The predicted octanol–water partition coefficient (Wildman–Crippen LogP) is 5.40. The fourth-order valence-corrected chi connectivity index (χ4v) is 3.75. The van der Waals surface area contributed by atoms with Crippen LogP contribution < -0.4 is 0 Å². The Balaban J connectivity index is 1.66. The summed E-state index contributed by atoms with van der Waals surface area (Å²) in [6, 6.07) is 27.5. The van der Waals surface area contributed by atoms with Gasteiger partial charge >= 0.3 is 0 Å². The summed E-state index contributed by atoms with van der Waals surface area (Å²) in [5.74, 6) is -0.0353. The van der Waals surface area contributed by atoms with E-state index in [1.165, 1.54) is 0 Å². The summed E-state index contributed by atoms with van der Waals surface area (Å²) < 4.78 is 2.48. The molecule has 1 aromatic heterocycles. The molecule has 0 aliphatic heterocycles. The number of aromatic amines is 1. The Morgan fingerprint density at radius 2 is 1.45 bits per heavy atom. The van der Waals surface area contributed by atoms with E-state index in [-0.39, 0.29) is 11.9 Å². The summed E-state index contributed by atoms with van der Waals surface area (Å²) in [7, 11) is 1.85. The summed E-state index contributed by atoms with van der Waals surface area (Å²) in [5, 5.41) is 0. The van der Waals surface area contributed by atoms with E-state index >= 15 is 0 Å². The predicted molar refractivity (Wildman–Crippen MR) is 118 cm³/mol. The summed E-state index contributed by atoms with van der Waals surface area (Å²) >= 11 is 5.27. The maximum absolute atomic E-state index is 13.3. The average Bonchev–Trinajstić information content (AvgIpc) is 3.21. The molecule has 0 saturated heterocycles. The van der Waals surface area contributed by atoms with Gasteiger partial charge < -0.3 is 9.88 Å². The lowest BCUT2D eigenvalue weighted by atomic mass is 9.97. The van der Waals surface area contributed by atoms with Crippen LogP contribution in [-0.2, 0) is 0 Å². The van der Waals surface area contributed by atoms with E-state index in [9.17, 15) is 4.79 Å². The van der Waals surface area contributed by atoms with Gasteiger partial charge in [0.05, 0.1) is 6.04 Å². The molecule has 4 rings (SSSR count). The molecule has 0 saturated carbocycles. The number of carbonyl (C=O) groups excluding carboxylic acids is 1. The molecule has 0 fully saturated rings. The Labute approximate surface area is 175 Å². The van der Waals surface area contributed by atoms with Gasteiger partial charge in [0.2, 0.25) is 0 Å². The molecule has 1 N–H and O–H groups in total. The standard InChI is InChI=1S/C24H21N3OS/c1-26(22(18-8-4-2-5-9-18)19-10-6-3-7-11-19)23(28)20-12-14-21(15-13-20)27-17-16-25-24(27)29/h2-17,22H,1H3,(H,25,29). The zero-order valence-corrected chi connectivity index (χ0v) is 16.8. The third kappa shape index (κ3) is 3.91. The van der Waals surface area contributed by atoms with E-state index in [1.807, 2.05) is 78.5 Å². The second kappa shape index (κ2) is 8.29. The topological polar surface area (TPSA) is 41.0 Å². The van der Waals surface area contributed by atoms with Crippen LogP contribution in [0, 0.1) is 4.77 Å². The fourth-order valence-electron chi connectivity index (χ4n) is 3.52. The Morgan fingerprint density at radius 3 is 1.93 bits per heavy atom. The quantitative estimate of drug-likeness (QED) is 0.457. The van der Waals surface area contributed by atoms with E-state index in [0.717, 1.165) is 16.8 Å². The molecule has 4 aromatic rings. The van der Waals surface area contributed by atoms with Gasteiger partial charge in [-0.3, -0.25) is 9.36 Å². The van der Waals surface area contributed by atoms with Crippen LogP contribution in [0.2, 0.25) is 0 Å². The Kier molecular flexibility index (Phi) is 5.40. The van der Waals surface area contributed by atoms with Gasteiger partial charge in [-0.05, 0) is 47.6 Å². The molecule has 5 heteroatoms. The smallest absolute Gasteiger partial charge is 0.254 e. The molecule has 3 aromatic carbocycles. The maximum Gasteiger partial charge on any atom is 0.254 e. The minimum Gasteiger partial charge on any atom is -0.337 e. The maximum atomic E-state index is 13.3. The SMILES string of the molecule is CN(C(=O)c1ccc(-n2cc[nH]c2=S)cc1)C(c1ccccc1)c1ccccc1. The minimum absolute atomic E-state index is 0.0353. The van der Waals surface area contributed by atoms with Crippen LogP contribution >= 0.6 is 12.2 Å². The third-order valence-electron chi connectivity index (χ3n) is 4.98. The van der Waals surface area contributed by atoms with Crippen molar-refractivity contribution in [1.29, 1.82) is 0 Å². The van der Waals surface area contributed by atoms with Crippen LogP contribution in [0.1, 0.15) is 27.5 Å². The lowest BCUT2D eigenvalue weighted by molar-refractivity contribution is 0.0755. The number of nitrogens with one attached hydrogen (secondary N) is 1. The molecule has 1 amide bonds. The molecule has 29 heavy (non-hydrogen) atoms. The van der Waals surface area contributed by atoms with Crippen LogP contribution in [0.15, 0.2) is 97.3 Å².